The molecule has 94 valence electrons. The standard InChI is InChI=1S/C14H17N3O/c1-10-6-4-5-7-12(10)8-15-13-9-16-17(3)14(18)11(13)2/h4-7,9,15H,8H2,1-3H3. The third kappa shape index (κ3) is 2.42. The lowest BCUT2D eigenvalue weighted by Gasteiger charge is -2.11. The Labute approximate surface area is 106 Å². The summed E-state index contributed by atoms with van der Waals surface area (Å²) >= 11 is 0. The average Bonchev–Trinajstić information content (AvgIpc) is 2.37. The van der Waals surface area contributed by atoms with Crippen LogP contribution in [0.25, 0.3) is 0 Å². The van der Waals surface area contributed by atoms with Crippen LogP contribution < -0.4 is 10.9 Å². The van der Waals surface area contributed by atoms with Gasteiger partial charge < -0.3 is 5.32 Å². The molecule has 0 unspecified atom stereocenters. The summed E-state index contributed by atoms with van der Waals surface area (Å²) in [6.45, 7) is 4.58. The third-order valence-electron chi connectivity index (χ3n) is 3.11. The molecule has 4 nitrogen and oxygen atoms in total. The molecular formula is C14H17N3O. The van der Waals surface area contributed by atoms with Gasteiger partial charge in [-0.15, -0.1) is 0 Å². The molecular weight excluding hydrogens is 226 g/mol. The van der Waals surface area contributed by atoms with Gasteiger partial charge in [0.15, 0.2) is 0 Å². The van der Waals surface area contributed by atoms with E-state index >= 15 is 0 Å². The molecule has 0 saturated carbocycles. The number of rotatable bonds is 3. The molecule has 0 radical (unpaired) electrons. The van der Waals surface area contributed by atoms with Crippen LogP contribution in [0.3, 0.4) is 0 Å². The first-order valence-electron chi connectivity index (χ1n) is 5.91. The molecule has 0 aliphatic heterocycles. The van der Waals surface area contributed by atoms with E-state index in [1.807, 2.05) is 19.1 Å². The highest BCUT2D eigenvalue weighted by Crippen LogP contribution is 2.12. The van der Waals surface area contributed by atoms with Gasteiger partial charge in [-0.2, -0.15) is 5.10 Å². The second-order valence-corrected chi connectivity index (χ2v) is 4.39. The Morgan fingerprint density at radius 2 is 2.00 bits per heavy atom. The van der Waals surface area contributed by atoms with Crippen molar-refractivity contribution < 1.29 is 0 Å². The van der Waals surface area contributed by atoms with E-state index in [4.69, 9.17) is 0 Å². The zero-order valence-electron chi connectivity index (χ0n) is 10.9. The van der Waals surface area contributed by atoms with Crippen molar-refractivity contribution in [3.8, 4) is 0 Å². The van der Waals surface area contributed by atoms with Gasteiger partial charge in [0.1, 0.15) is 0 Å². The topological polar surface area (TPSA) is 46.9 Å². The fourth-order valence-electron chi connectivity index (χ4n) is 1.83. The fourth-order valence-corrected chi connectivity index (χ4v) is 1.83. The van der Waals surface area contributed by atoms with Crippen molar-refractivity contribution in [1.82, 2.24) is 9.78 Å². The van der Waals surface area contributed by atoms with Crippen LogP contribution in [0.15, 0.2) is 35.3 Å². The summed E-state index contributed by atoms with van der Waals surface area (Å²) < 4.78 is 1.34. The Balaban J connectivity index is 2.19. The molecule has 4 heteroatoms. The molecule has 0 spiro atoms. The summed E-state index contributed by atoms with van der Waals surface area (Å²) in [4.78, 5) is 11.7. The maximum atomic E-state index is 11.7. The summed E-state index contributed by atoms with van der Waals surface area (Å²) in [6, 6.07) is 8.18. The fraction of sp³-hybridized carbons (Fsp3) is 0.286. The van der Waals surface area contributed by atoms with Crippen LogP contribution >= 0.6 is 0 Å². The highest BCUT2D eigenvalue weighted by molar-refractivity contribution is 5.47. The Kier molecular flexibility index (Phi) is 3.46. The van der Waals surface area contributed by atoms with Crippen LogP contribution in [0, 0.1) is 13.8 Å². The molecule has 0 atom stereocenters. The van der Waals surface area contributed by atoms with E-state index in [0.29, 0.717) is 12.1 Å². The van der Waals surface area contributed by atoms with Gasteiger partial charge in [0.25, 0.3) is 5.56 Å². The van der Waals surface area contributed by atoms with E-state index < -0.39 is 0 Å². The minimum Gasteiger partial charge on any atom is -0.379 e. The third-order valence-corrected chi connectivity index (χ3v) is 3.11. The highest BCUT2D eigenvalue weighted by atomic mass is 16.1. The van der Waals surface area contributed by atoms with Crippen LogP contribution in [0.2, 0.25) is 0 Å². The summed E-state index contributed by atoms with van der Waals surface area (Å²) in [7, 11) is 1.65. The van der Waals surface area contributed by atoms with Crippen molar-refractivity contribution in [2.45, 2.75) is 20.4 Å². The smallest absolute Gasteiger partial charge is 0.271 e. The largest absolute Gasteiger partial charge is 0.379 e. The van der Waals surface area contributed by atoms with Crippen LogP contribution in [0.4, 0.5) is 5.69 Å². The monoisotopic (exact) mass is 243 g/mol. The molecule has 0 saturated heterocycles. The molecule has 18 heavy (non-hydrogen) atoms. The molecule has 0 amide bonds. The van der Waals surface area contributed by atoms with Crippen molar-refractivity contribution in [3.63, 3.8) is 0 Å². The molecule has 0 fully saturated rings. The van der Waals surface area contributed by atoms with Gasteiger partial charge in [-0.25, -0.2) is 4.68 Å². The first kappa shape index (κ1) is 12.4. The van der Waals surface area contributed by atoms with E-state index in [-0.39, 0.29) is 5.56 Å². The molecule has 1 N–H and O–H groups in total. The van der Waals surface area contributed by atoms with E-state index in [1.54, 1.807) is 13.2 Å². The van der Waals surface area contributed by atoms with Gasteiger partial charge in [0, 0.05) is 19.2 Å². The minimum absolute atomic E-state index is 0.0650. The lowest BCUT2D eigenvalue weighted by atomic mass is 10.1. The second kappa shape index (κ2) is 5.04. The Morgan fingerprint density at radius 3 is 2.72 bits per heavy atom. The first-order chi connectivity index (χ1) is 8.59. The van der Waals surface area contributed by atoms with Crippen molar-refractivity contribution >= 4 is 5.69 Å². The molecule has 0 aliphatic carbocycles. The second-order valence-electron chi connectivity index (χ2n) is 4.39. The maximum Gasteiger partial charge on any atom is 0.271 e. The molecule has 1 aromatic carbocycles. The summed E-state index contributed by atoms with van der Waals surface area (Å²) in [5.74, 6) is 0. The summed E-state index contributed by atoms with van der Waals surface area (Å²) in [6.07, 6.45) is 1.69. The lowest BCUT2D eigenvalue weighted by Crippen LogP contribution is -2.23. The van der Waals surface area contributed by atoms with Gasteiger partial charge in [-0.05, 0) is 25.0 Å². The van der Waals surface area contributed by atoms with E-state index in [0.717, 1.165) is 5.69 Å². The quantitative estimate of drug-likeness (QED) is 0.897. The minimum atomic E-state index is -0.0650. The number of hydrogen-bond acceptors (Lipinski definition) is 3. The number of anilines is 1. The number of aromatic nitrogens is 2. The molecule has 2 aromatic rings. The van der Waals surface area contributed by atoms with Crippen LogP contribution in [-0.2, 0) is 13.6 Å². The molecule has 1 aromatic heterocycles. The number of nitrogens with one attached hydrogen (secondary N) is 1. The zero-order chi connectivity index (χ0) is 13.1. The number of benzene rings is 1. The van der Waals surface area contributed by atoms with Crippen molar-refractivity contribution in [2.24, 2.45) is 7.05 Å². The number of nitrogens with zero attached hydrogens (tertiary/aromatic N) is 2. The Morgan fingerprint density at radius 1 is 1.28 bits per heavy atom. The molecule has 2 rings (SSSR count). The molecule has 0 bridgehead atoms. The number of hydrogen-bond donors (Lipinski definition) is 1. The molecule has 0 aliphatic rings. The van der Waals surface area contributed by atoms with Crippen LogP contribution in [0.5, 0.6) is 0 Å². The average molecular weight is 243 g/mol. The van der Waals surface area contributed by atoms with E-state index in [1.165, 1.54) is 15.8 Å². The normalized spacial score (nSPS) is 10.4. The van der Waals surface area contributed by atoms with E-state index in [9.17, 15) is 4.79 Å². The highest BCUT2D eigenvalue weighted by Gasteiger charge is 2.05. The van der Waals surface area contributed by atoms with Crippen LogP contribution in [-0.4, -0.2) is 9.78 Å². The Hall–Kier alpha value is -2.10. The van der Waals surface area contributed by atoms with Gasteiger partial charge in [0.05, 0.1) is 11.9 Å². The van der Waals surface area contributed by atoms with Crippen molar-refractivity contribution in [3.05, 3.63) is 57.5 Å². The van der Waals surface area contributed by atoms with E-state index in [2.05, 4.69) is 29.5 Å². The predicted molar refractivity (Wildman–Crippen MR) is 72.7 cm³/mol. The van der Waals surface area contributed by atoms with Gasteiger partial charge in [-0.1, -0.05) is 24.3 Å². The lowest BCUT2D eigenvalue weighted by molar-refractivity contribution is 0.701. The van der Waals surface area contributed by atoms with Crippen molar-refractivity contribution in [2.75, 3.05) is 5.32 Å². The predicted octanol–water partition coefficient (Wildman–Crippen LogP) is 2.01. The Bertz CT molecular complexity index is 617. The zero-order valence-corrected chi connectivity index (χ0v) is 10.9. The summed E-state index contributed by atoms with van der Waals surface area (Å²) in [5, 5.41) is 7.28. The SMILES string of the molecule is Cc1ccccc1CNc1cnn(C)c(=O)c1C. The van der Waals surface area contributed by atoms with Crippen LogP contribution in [0.1, 0.15) is 16.7 Å². The van der Waals surface area contributed by atoms with Gasteiger partial charge in [0.2, 0.25) is 0 Å². The maximum absolute atomic E-state index is 11.7. The molecule has 1 heterocycles. The summed E-state index contributed by atoms with van der Waals surface area (Å²) in [5.41, 5.74) is 3.88. The van der Waals surface area contributed by atoms with Gasteiger partial charge in [-0.3, -0.25) is 4.79 Å². The van der Waals surface area contributed by atoms with Crippen molar-refractivity contribution in [1.29, 1.82) is 0 Å². The number of aryl methyl sites for hydroxylation is 2. The van der Waals surface area contributed by atoms with Gasteiger partial charge >= 0.3 is 0 Å². The first-order valence-corrected chi connectivity index (χ1v) is 5.91.